The predicted octanol–water partition coefficient (Wildman–Crippen LogP) is 13.1. The van der Waals surface area contributed by atoms with E-state index in [4.69, 9.17) is 19.4 Å². The van der Waals surface area contributed by atoms with Crippen LogP contribution in [0.4, 0.5) is 0 Å². The van der Waals surface area contributed by atoms with Crippen LogP contribution in [0.5, 0.6) is 23.0 Å². The summed E-state index contributed by atoms with van der Waals surface area (Å²) in [6.07, 6.45) is 3.83. The molecule has 0 saturated carbocycles. The van der Waals surface area contributed by atoms with E-state index < -0.39 is 5.41 Å². The summed E-state index contributed by atoms with van der Waals surface area (Å²) in [5.41, 5.74) is 15.6. The number of ether oxygens (including phenoxy) is 2. The summed E-state index contributed by atoms with van der Waals surface area (Å²) in [6.45, 7) is 0. The van der Waals surface area contributed by atoms with E-state index in [0.717, 1.165) is 78.2 Å². The van der Waals surface area contributed by atoms with Crippen LogP contribution in [0.15, 0.2) is 188 Å². The molecule has 13 rings (SSSR count). The first-order chi connectivity index (χ1) is 28.8. The van der Waals surface area contributed by atoms with Gasteiger partial charge in [0.15, 0.2) is 23.0 Å². The highest BCUT2D eigenvalue weighted by Crippen LogP contribution is 2.67. The minimum Gasteiger partial charge on any atom is -0.450 e. The van der Waals surface area contributed by atoms with Crippen molar-refractivity contribution in [2.45, 2.75) is 5.41 Å². The zero-order valence-electron chi connectivity index (χ0n) is 31.1. The van der Waals surface area contributed by atoms with Crippen LogP contribution in [0.3, 0.4) is 0 Å². The van der Waals surface area contributed by atoms with Crippen LogP contribution in [0.2, 0.25) is 0 Å². The Hall–Kier alpha value is -7.76. The Morgan fingerprint density at radius 1 is 0.397 bits per heavy atom. The van der Waals surface area contributed by atoms with Gasteiger partial charge in [-0.1, -0.05) is 133 Å². The number of rotatable bonds is 3. The zero-order chi connectivity index (χ0) is 38.0. The normalized spacial score (nSPS) is 13.6. The fourth-order valence-corrected chi connectivity index (χ4v) is 9.97. The molecule has 0 amide bonds. The van der Waals surface area contributed by atoms with Crippen molar-refractivity contribution >= 4 is 21.8 Å². The van der Waals surface area contributed by atoms with Crippen LogP contribution < -0.4 is 9.47 Å². The molecule has 2 aromatic heterocycles. The van der Waals surface area contributed by atoms with Crippen LogP contribution in [-0.2, 0) is 5.41 Å². The number of benzene rings is 8. The topological polar surface area (TPSA) is 49.2 Å². The quantitative estimate of drug-likeness (QED) is 0.181. The first-order valence-electron chi connectivity index (χ1n) is 19.6. The fraction of sp³-hybridized carbons (Fsp3) is 0.0189. The van der Waals surface area contributed by atoms with Gasteiger partial charge in [-0.05, 0) is 98.1 Å². The molecule has 0 bridgehead atoms. The van der Waals surface area contributed by atoms with Gasteiger partial charge in [-0.15, -0.1) is 0 Å². The van der Waals surface area contributed by atoms with Crippen molar-refractivity contribution in [2.24, 2.45) is 0 Å². The molecule has 3 heterocycles. The number of fused-ring (bicyclic) bond motifs is 16. The highest BCUT2D eigenvalue weighted by molar-refractivity contribution is 6.10. The van der Waals surface area contributed by atoms with E-state index in [9.17, 15) is 0 Å². The van der Waals surface area contributed by atoms with Crippen molar-refractivity contribution in [3.05, 3.63) is 211 Å². The Morgan fingerprint density at radius 3 is 1.79 bits per heavy atom. The van der Waals surface area contributed by atoms with Gasteiger partial charge in [0.05, 0.1) is 16.4 Å². The lowest BCUT2D eigenvalue weighted by Crippen LogP contribution is -2.27. The van der Waals surface area contributed by atoms with E-state index in [1.54, 1.807) is 0 Å². The molecule has 10 aromatic rings. The second-order valence-electron chi connectivity index (χ2n) is 15.3. The molecule has 0 radical (unpaired) electrons. The van der Waals surface area contributed by atoms with E-state index >= 15 is 0 Å². The highest BCUT2D eigenvalue weighted by atomic mass is 16.6. The van der Waals surface area contributed by atoms with Gasteiger partial charge in [0.2, 0.25) is 5.95 Å². The first kappa shape index (κ1) is 31.4. The Morgan fingerprint density at radius 2 is 1.00 bits per heavy atom. The Kier molecular flexibility index (Phi) is 6.31. The average Bonchev–Trinajstić information content (AvgIpc) is 3.90. The van der Waals surface area contributed by atoms with Crippen molar-refractivity contribution in [1.29, 1.82) is 0 Å². The van der Waals surface area contributed by atoms with E-state index in [1.807, 2.05) is 54.9 Å². The van der Waals surface area contributed by atoms with E-state index in [1.165, 1.54) is 33.4 Å². The maximum atomic E-state index is 6.90. The molecule has 0 saturated heterocycles. The Labute approximate surface area is 334 Å². The molecule has 5 nitrogen and oxygen atoms in total. The van der Waals surface area contributed by atoms with Crippen molar-refractivity contribution in [1.82, 2.24) is 14.5 Å². The highest BCUT2D eigenvalue weighted by Gasteiger charge is 2.54. The van der Waals surface area contributed by atoms with Crippen LogP contribution in [0.25, 0.3) is 72.3 Å². The molecule has 8 aromatic carbocycles. The molecule has 2 aliphatic carbocycles. The van der Waals surface area contributed by atoms with Gasteiger partial charge in [0, 0.05) is 34.3 Å². The fourth-order valence-electron chi connectivity index (χ4n) is 9.97. The summed E-state index contributed by atoms with van der Waals surface area (Å²) in [4.78, 5) is 9.78. The van der Waals surface area contributed by atoms with Crippen LogP contribution in [0.1, 0.15) is 22.3 Å². The van der Waals surface area contributed by atoms with Crippen LogP contribution in [-0.4, -0.2) is 14.5 Å². The van der Waals surface area contributed by atoms with Crippen molar-refractivity contribution in [2.75, 3.05) is 0 Å². The molecular weight excluding hydrogens is 711 g/mol. The van der Waals surface area contributed by atoms with Gasteiger partial charge in [-0.2, -0.15) is 0 Å². The Balaban J connectivity index is 1.01. The minimum atomic E-state index is -0.627. The summed E-state index contributed by atoms with van der Waals surface area (Å²) in [7, 11) is 0. The monoisotopic (exact) mass is 741 g/mol. The van der Waals surface area contributed by atoms with Crippen molar-refractivity contribution in [3.63, 3.8) is 0 Å². The maximum absolute atomic E-state index is 6.90. The number of hydrogen-bond acceptors (Lipinski definition) is 4. The largest absolute Gasteiger partial charge is 0.450 e. The lowest BCUT2D eigenvalue weighted by Gasteiger charge is -2.33. The maximum Gasteiger partial charge on any atom is 0.234 e. The summed E-state index contributed by atoms with van der Waals surface area (Å²) < 4.78 is 15.6. The summed E-state index contributed by atoms with van der Waals surface area (Å²) in [5.74, 6) is 3.59. The molecule has 5 heteroatoms. The number of hydrogen-bond donors (Lipinski definition) is 0. The molecule has 1 aliphatic heterocycles. The number of aromatic nitrogens is 3. The molecular formula is C53H31N3O2. The summed E-state index contributed by atoms with van der Waals surface area (Å²) >= 11 is 0. The van der Waals surface area contributed by atoms with Gasteiger partial charge in [0.25, 0.3) is 0 Å². The molecule has 270 valence electrons. The van der Waals surface area contributed by atoms with E-state index in [-0.39, 0.29) is 0 Å². The SMILES string of the molecule is c1ccc(-c2cnc(-n3c4ccccc4c4cc(-c5ccc6c(c5)C5(c7ccccc7-c7ccccc75)c5c-6ccc6c5Oc5ccccc5O6)ccc43)nc2)cc1. The summed E-state index contributed by atoms with van der Waals surface area (Å²) in [6, 6.07) is 62.5. The molecule has 3 aliphatic rings. The standard InChI is InChI=1S/C53H31N3O2/c1-2-12-32(13-3-1)35-30-54-52(55-31-35)56-45-19-9-6-16-39(45)41-28-33(23-26-46(41)56)34-22-24-38-40-25-27-49-51(58-48-21-11-10-20-47(48)57-49)50(40)53(44(38)29-34)42-17-7-4-14-36(42)37-15-5-8-18-43(37)53/h1-31H. The smallest absolute Gasteiger partial charge is 0.234 e. The second kappa shape index (κ2) is 11.6. The van der Waals surface area contributed by atoms with Crippen LogP contribution in [0, 0.1) is 0 Å². The van der Waals surface area contributed by atoms with Crippen molar-refractivity contribution in [3.8, 4) is 73.5 Å². The zero-order valence-corrected chi connectivity index (χ0v) is 31.1. The van der Waals surface area contributed by atoms with E-state index in [2.05, 4.69) is 138 Å². The second-order valence-corrected chi connectivity index (χ2v) is 15.3. The number of nitrogens with zero attached hydrogens (tertiary/aromatic N) is 3. The molecule has 0 unspecified atom stereocenters. The van der Waals surface area contributed by atoms with E-state index in [0.29, 0.717) is 5.95 Å². The van der Waals surface area contributed by atoms with Gasteiger partial charge < -0.3 is 9.47 Å². The molecule has 58 heavy (non-hydrogen) atoms. The van der Waals surface area contributed by atoms with Gasteiger partial charge in [-0.25, -0.2) is 9.97 Å². The number of para-hydroxylation sites is 3. The molecule has 0 N–H and O–H groups in total. The Bertz CT molecular complexity index is 3300. The third-order valence-corrected chi connectivity index (χ3v) is 12.4. The van der Waals surface area contributed by atoms with Crippen LogP contribution >= 0.6 is 0 Å². The van der Waals surface area contributed by atoms with Gasteiger partial charge in [-0.3, -0.25) is 4.57 Å². The summed E-state index contributed by atoms with van der Waals surface area (Å²) in [5, 5.41) is 2.31. The van der Waals surface area contributed by atoms with Gasteiger partial charge >= 0.3 is 0 Å². The lowest BCUT2D eigenvalue weighted by atomic mass is 9.70. The third kappa shape index (κ3) is 4.14. The minimum absolute atomic E-state index is 0.627. The molecule has 1 spiro atoms. The first-order valence-corrected chi connectivity index (χ1v) is 19.6. The molecule has 0 fully saturated rings. The van der Waals surface area contributed by atoms with Crippen molar-refractivity contribution < 1.29 is 9.47 Å². The lowest BCUT2D eigenvalue weighted by molar-refractivity contribution is 0.354. The average molecular weight is 742 g/mol. The van der Waals surface area contributed by atoms with Gasteiger partial charge in [0.1, 0.15) is 0 Å². The third-order valence-electron chi connectivity index (χ3n) is 12.4. The predicted molar refractivity (Wildman–Crippen MR) is 230 cm³/mol. The molecule has 0 atom stereocenters.